The highest BCUT2D eigenvalue weighted by molar-refractivity contribution is 7.28. The number of rotatable bonds is 4. The van der Waals surface area contributed by atoms with Crippen LogP contribution in [0.4, 0.5) is 0 Å². The van der Waals surface area contributed by atoms with Crippen molar-refractivity contribution in [3.63, 3.8) is 0 Å². The molecule has 0 amide bonds. The molecule has 3 rings (SSSR count). The van der Waals surface area contributed by atoms with Gasteiger partial charge in [-0.1, -0.05) is 13.3 Å². The topological polar surface area (TPSA) is 50.1 Å². The molecule has 0 unspecified atom stereocenters. The van der Waals surface area contributed by atoms with Crippen LogP contribution in [0, 0.1) is 11.3 Å². The summed E-state index contributed by atoms with van der Waals surface area (Å²) in [6.45, 7) is 2.16. The molecule has 5 heteroatoms. The summed E-state index contributed by atoms with van der Waals surface area (Å²) in [7, 11) is 0. The molecule has 0 fully saturated rings. The molecule has 3 aromatic rings. The number of benzene rings is 1. The molecule has 0 radical (unpaired) electrons. The minimum atomic E-state index is -0.352. The van der Waals surface area contributed by atoms with Gasteiger partial charge < -0.3 is 4.74 Å². The lowest BCUT2D eigenvalue weighted by Crippen LogP contribution is -2.06. The molecule has 0 N–H and O–H groups in total. The van der Waals surface area contributed by atoms with Crippen LogP contribution in [0.1, 0.15) is 33.5 Å². The fraction of sp³-hybridized carbons (Fsp3) is 0.176. The Morgan fingerprint density at radius 2 is 1.91 bits per heavy atom. The third-order valence-electron chi connectivity index (χ3n) is 3.15. The van der Waals surface area contributed by atoms with Crippen molar-refractivity contribution in [3.05, 3.63) is 51.7 Å². The van der Waals surface area contributed by atoms with Gasteiger partial charge in [0.2, 0.25) is 0 Å². The van der Waals surface area contributed by atoms with Crippen molar-refractivity contribution in [3.8, 4) is 11.8 Å². The summed E-state index contributed by atoms with van der Waals surface area (Å²) in [5, 5.41) is 8.75. The second-order valence-corrected chi connectivity index (χ2v) is 7.08. The highest BCUT2D eigenvalue weighted by Crippen LogP contribution is 2.34. The summed E-state index contributed by atoms with van der Waals surface area (Å²) in [6, 6.07) is 12.6. The van der Waals surface area contributed by atoms with Gasteiger partial charge >= 0.3 is 5.97 Å². The number of thiophene rings is 2. The van der Waals surface area contributed by atoms with Gasteiger partial charge in [-0.2, -0.15) is 5.26 Å². The van der Waals surface area contributed by atoms with Gasteiger partial charge in [-0.3, -0.25) is 0 Å². The fourth-order valence-corrected chi connectivity index (χ4v) is 4.51. The van der Waals surface area contributed by atoms with Crippen LogP contribution in [0.15, 0.2) is 36.4 Å². The van der Waals surface area contributed by atoms with E-state index in [1.54, 1.807) is 35.6 Å². The molecule has 0 saturated carbocycles. The van der Waals surface area contributed by atoms with E-state index >= 15 is 0 Å². The van der Waals surface area contributed by atoms with Gasteiger partial charge in [-0.15, -0.1) is 22.7 Å². The number of hydrogen-bond donors (Lipinski definition) is 0. The van der Waals surface area contributed by atoms with Crippen LogP contribution < -0.4 is 4.74 Å². The van der Waals surface area contributed by atoms with Crippen molar-refractivity contribution < 1.29 is 9.53 Å². The third kappa shape index (κ3) is 3.03. The molecule has 1 aromatic carbocycles. The van der Waals surface area contributed by atoms with Gasteiger partial charge in [0.05, 0.1) is 11.6 Å². The van der Waals surface area contributed by atoms with Crippen molar-refractivity contribution in [2.24, 2.45) is 0 Å². The molecule has 22 heavy (non-hydrogen) atoms. The SMILES string of the molecule is CCCc1cc2sc(C(=O)Oc3ccc(C#N)cc3)cc2s1. The maximum absolute atomic E-state index is 12.2. The first-order valence-electron chi connectivity index (χ1n) is 6.94. The Morgan fingerprint density at radius 1 is 1.18 bits per heavy atom. The summed E-state index contributed by atoms with van der Waals surface area (Å²) < 4.78 is 7.62. The van der Waals surface area contributed by atoms with Gasteiger partial charge in [-0.25, -0.2) is 4.79 Å². The summed E-state index contributed by atoms with van der Waals surface area (Å²) in [5.41, 5.74) is 0.542. The van der Waals surface area contributed by atoms with Crippen LogP contribution in [0.5, 0.6) is 5.75 Å². The molecule has 0 spiro atoms. The molecule has 0 aliphatic heterocycles. The number of esters is 1. The number of hydrogen-bond acceptors (Lipinski definition) is 5. The third-order valence-corrected chi connectivity index (χ3v) is 5.48. The van der Waals surface area contributed by atoms with E-state index in [4.69, 9.17) is 10.00 Å². The number of nitrogens with zero attached hydrogens (tertiary/aromatic N) is 1. The number of ether oxygens (including phenoxy) is 1. The Kier molecular flexibility index (Phi) is 4.23. The van der Waals surface area contributed by atoms with Gasteiger partial charge in [0, 0.05) is 14.3 Å². The zero-order chi connectivity index (χ0) is 15.5. The molecule has 0 aliphatic rings. The largest absolute Gasteiger partial charge is 0.422 e. The van der Waals surface area contributed by atoms with E-state index in [0.717, 1.165) is 22.2 Å². The standard InChI is InChI=1S/C17H13NO2S2/c1-2-3-13-8-14-15(21-13)9-16(22-14)17(19)20-12-6-4-11(10-18)5-7-12/h4-9H,2-3H2,1H3. The Balaban J connectivity index is 1.76. The van der Waals surface area contributed by atoms with Crippen molar-refractivity contribution in [2.45, 2.75) is 19.8 Å². The van der Waals surface area contributed by atoms with Crippen LogP contribution in [0.3, 0.4) is 0 Å². The lowest BCUT2D eigenvalue weighted by atomic mass is 10.2. The Bertz CT molecular complexity index is 822. The smallest absolute Gasteiger partial charge is 0.353 e. The minimum Gasteiger partial charge on any atom is -0.422 e. The van der Waals surface area contributed by atoms with Crippen LogP contribution in [0.25, 0.3) is 9.40 Å². The predicted molar refractivity (Wildman–Crippen MR) is 89.8 cm³/mol. The van der Waals surface area contributed by atoms with Crippen molar-refractivity contribution in [1.82, 2.24) is 0 Å². The zero-order valence-corrected chi connectivity index (χ0v) is 13.6. The van der Waals surface area contributed by atoms with E-state index < -0.39 is 0 Å². The lowest BCUT2D eigenvalue weighted by Gasteiger charge is -2.01. The first kappa shape index (κ1) is 14.8. The monoisotopic (exact) mass is 327 g/mol. The molecule has 2 aromatic heterocycles. The molecular formula is C17H13NO2S2. The van der Waals surface area contributed by atoms with E-state index in [9.17, 15) is 4.79 Å². The lowest BCUT2D eigenvalue weighted by molar-refractivity contribution is 0.0740. The van der Waals surface area contributed by atoms with Crippen LogP contribution in [-0.2, 0) is 6.42 Å². The van der Waals surface area contributed by atoms with Crippen molar-refractivity contribution >= 4 is 38.0 Å². The first-order chi connectivity index (χ1) is 10.7. The maximum atomic E-state index is 12.2. The average molecular weight is 327 g/mol. The van der Waals surface area contributed by atoms with Gasteiger partial charge in [0.25, 0.3) is 0 Å². The van der Waals surface area contributed by atoms with E-state index in [-0.39, 0.29) is 5.97 Å². The quantitative estimate of drug-likeness (QED) is 0.500. The second-order valence-electron chi connectivity index (χ2n) is 4.83. The number of nitriles is 1. The predicted octanol–water partition coefficient (Wildman–Crippen LogP) is 5.01. The Hall–Kier alpha value is -2.16. The number of carbonyl (C=O) groups excluding carboxylic acids is 1. The molecule has 110 valence electrons. The second kappa shape index (κ2) is 6.30. The summed E-state index contributed by atoms with van der Waals surface area (Å²) >= 11 is 3.20. The zero-order valence-electron chi connectivity index (χ0n) is 12.0. The van der Waals surface area contributed by atoms with Crippen LogP contribution in [0.2, 0.25) is 0 Å². The van der Waals surface area contributed by atoms with E-state index in [1.807, 2.05) is 12.1 Å². The molecule has 0 aliphatic carbocycles. The molecule has 0 saturated heterocycles. The van der Waals surface area contributed by atoms with Crippen molar-refractivity contribution in [2.75, 3.05) is 0 Å². The Morgan fingerprint density at radius 3 is 2.55 bits per heavy atom. The molecule has 0 atom stereocenters. The molecule has 2 heterocycles. The van der Waals surface area contributed by atoms with Crippen LogP contribution >= 0.6 is 22.7 Å². The number of carbonyl (C=O) groups is 1. The summed E-state index contributed by atoms with van der Waals surface area (Å²) in [4.78, 5) is 14.1. The summed E-state index contributed by atoms with van der Waals surface area (Å²) in [6.07, 6.45) is 2.21. The first-order valence-corrected chi connectivity index (χ1v) is 8.57. The van der Waals surface area contributed by atoms with Gasteiger partial charge in [-0.05, 0) is 42.8 Å². The highest BCUT2D eigenvalue weighted by atomic mass is 32.1. The number of aryl methyl sites for hydroxylation is 1. The minimum absolute atomic E-state index is 0.352. The number of fused-ring (bicyclic) bond motifs is 1. The summed E-state index contributed by atoms with van der Waals surface area (Å²) in [5.74, 6) is 0.0996. The fourth-order valence-electron chi connectivity index (χ4n) is 2.11. The average Bonchev–Trinajstić information content (AvgIpc) is 3.07. The maximum Gasteiger partial charge on any atom is 0.353 e. The molecule has 0 bridgehead atoms. The molecule has 3 nitrogen and oxygen atoms in total. The Labute approximate surface area is 136 Å². The highest BCUT2D eigenvalue weighted by Gasteiger charge is 2.14. The van der Waals surface area contributed by atoms with E-state index in [1.165, 1.54) is 16.2 Å². The van der Waals surface area contributed by atoms with Gasteiger partial charge in [0.1, 0.15) is 10.6 Å². The van der Waals surface area contributed by atoms with E-state index in [2.05, 4.69) is 13.0 Å². The van der Waals surface area contributed by atoms with Crippen LogP contribution in [-0.4, -0.2) is 5.97 Å². The van der Waals surface area contributed by atoms with E-state index in [0.29, 0.717) is 16.2 Å². The molecular weight excluding hydrogens is 314 g/mol. The van der Waals surface area contributed by atoms with Gasteiger partial charge in [0.15, 0.2) is 0 Å². The van der Waals surface area contributed by atoms with Crippen molar-refractivity contribution in [1.29, 1.82) is 5.26 Å². The normalized spacial score (nSPS) is 10.5.